The molecule has 0 aliphatic carbocycles. The van der Waals surface area contributed by atoms with Gasteiger partial charge in [-0.15, -0.1) is 0 Å². The van der Waals surface area contributed by atoms with Crippen LogP contribution in [0.25, 0.3) is 0 Å². The number of rotatable bonds is 2. The van der Waals surface area contributed by atoms with Crippen LogP contribution in [0.4, 0.5) is 0 Å². The minimum atomic E-state index is 0.226. The van der Waals surface area contributed by atoms with Crippen molar-refractivity contribution in [2.45, 2.75) is 33.7 Å². The molecule has 0 saturated heterocycles. The zero-order valence-electron chi connectivity index (χ0n) is 8.73. The van der Waals surface area contributed by atoms with E-state index in [2.05, 4.69) is 53.3 Å². The Labute approximate surface area is 71.1 Å². The van der Waals surface area contributed by atoms with E-state index in [0.29, 0.717) is 6.04 Å². The molecule has 0 rings (SSSR count). The SMILES string of the molecule is C=C(C(C)N(C)C)C(C)(C)C. The maximum absolute atomic E-state index is 4.11. The van der Waals surface area contributed by atoms with Crippen LogP contribution in [0.3, 0.4) is 0 Å². The second-order valence-corrected chi connectivity index (χ2v) is 4.41. The minimum Gasteiger partial charge on any atom is -0.303 e. The predicted molar refractivity (Wildman–Crippen MR) is 51.7 cm³/mol. The lowest BCUT2D eigenvalue weighted by Crippen LogP contribution is -2.31. The first-order chi connectivity index (χ1) is 4.76. The molecule has 0 aromatic heterocycles. The topological polar surface area (TPSA) is 3.24 Å². The van der Waals surface area contributed by atoms with Crippen LogP contribution in [0.1, 0.15) is 27.7 Å². The summed E-state index contributed by atoms with van der Waals surface area (Å²) in [6, 6.07) is 0.468. The smallest absolute Gasteiger partial charge is 0.0275 e. The molecule has 0 N–H and O–H groups in total. The molecule has 0 saturated carbocycles. The van der Waals surface area contributed by atoms with Crippen molar-refractivity contribution < 1.29 is 0 Å². The Hall–Kier alpha value is -0.300. The van der Waals surface area contributed by atoms with E-state index >= 15 is 0 Å². The highest BCUT2D eigenvalue weighted by Crippen LogP contribution is 2.27. The van der Waals surface area contributed by atoms with Gasteiger partial charge in [-0.3, -0.25) is 0 Å². The summed E-state index contributed by atoms with van der Waals surface area (Å²) in [6.45, 7) is 12.9. The lowest BCUT2D eigenvalue weighted by molar-refractivity contribution is 0.307. The third kappa shape index (κ3) is 3.06. The molecule has 0 spiro atoms. The molecule has 0 aromatic carbocycles. The monoisotopic (exact) mass is 155 g/mol. The molecule has 0 amide bonds. The van der Waals surface area contributed by atoms with Gasteiger partial charge >= 0.3 is 0 Å². The quantitative estimate of drug-likeness (QED) is 0.554. The normalized spacial score (nSPS) is 15.2. The van der Waals surface area contributed by atoms with Crippen molar-refractivity contribution in [2.24, 2.45) is 5.41 Å². The Bertz CT molecular complexity index is 139. The summed E-state index contributed by atoms with van der Waals surface area (Å²) in [5, 5.41) is 0. The van der Waals surface area contributed by atoms with Gasteiger partial charge in [0.15, 0.2) is 0 Å². The molecule has 0 bridgehead atoms. The van der Waals surface area contributed by atoms with E-state index in [9.17, 15) is 0 Å². The largest absolute Gasteiger partial charge is 0.303 e. The van der Waals surface area contributed by atoms with Gasteiger partial charge in [-0.05, 0) is 26.4 Å². The molecule has 11 heavy (non-hydrogen) atoms. The molecular weight excluding hydrogens is 134 g/mol. The van der Waals surface area contributed by atoms with Gasteiger partial charge in [-0.1, -0.05) is 32.9 Å². The Morgan fingerprint density at radius 3 is 1.73 bits per heavy atom. The maximum atomic E-state index is 4.11. The van der Waals surface area contributed by atoms with Crippen molar-refractivity contribution >= 4 is 0 Å². The van der Waals surface area contributed by atoms with Crippen LogP contribution in [-0.4, -0.2) is 25.0 Å². The van der Waals surface area contributed by atoms with Crippen LogP contribution in [0.2, 0.25) is 0 Å². The zero-order chi connectivity index (χ0) is 9.23. The summed E-state index contributed by atoms with van der Waals surface area (Å²) in [5.74, 6) is 0. The third-order valence-electron chi connectivity index (χ3n) is 2.24. The fraction of sp³-hybridized carbons (Fsp3) is 0.800. The number of nitrogens with zero attached hydrogens (tertiary/aromatic N) is 1. The van der Waals surface area contributed by atoms with Gasteiger partial charge in [0, 0.05) is 6.04 Å². The number of likely N-dealkylation sites (N-methyl/N-ethyl adjacent to an activating group) is 1. The standard InChI is InChI=1S/C10H21N/c1-8(10(3,4)5)9(2)11(6)7/h9H,1H2,2-7H3. The molecule has 0 aromatic rings. The highest BCUT2D eigenvalue weighted by Gasteiger charge is 2.21. The van der Waals surface area contributed by atoms with Gasteiger partial charge in [-0.2, -0.15) is 0 Å². The number of hydrogen-bond acceptors (Lipinski definition) is 1. The molecule has 0 aliphatic rings. The average Bonchev–Trinajstić information content (AvgIpc) is 1.82. The summed E-state index contributed by atoms with van der Waals surface area (Å²) >= 11 is 0. The van der Waals surface area contributed by atoms with Crippen LogP contribution in [0.15, 0.2) is 12.2 Å². The second kappa shape index (κ2) is 3.40. The van der Waals surface area contributed by atoms with E-state index in [1.165, 1.54) is 5.57 Å². The van der Waals surface area contributed by atoms with E-state index in [1.54, 1.807) is 0 Å². The van der Waals surface area contributed by atoms with E-state index in [0.717, 1.165) is 0 Å². The molecule has 1 heteroatoms. The van der Waals surface area contributed by atoms with E-state index < -0.39 is 0 Å². The summed E-state index contributed by atoms with van der Waals surface area (Å²) in [6.07, 6.45) is 0. The molecule has 0 radical (unpaired) electrons. The predicted octanol–water partition coefficient (Wildman–Crippen LogP) is 2.54. The minimum absolute atomic E-state index is 0.226. The highest BCUT2D eigenvalue weighted by atomic mass is 15.1. The molecule has 1 atom stereocenters. The lowest BCUT2D eigenvalue weighted by atomic mass is 9.83. The first-order valence-corrected chi connectivity index (χ1v) is 4.12. The summed E-state index contributed by atoms with van der Waals surface area (Å²) in [5.41, 5.74) is 1.52. The first kappa shape index (κ1) is 10.7. The number of hydrogen-bond donors (Lipinski definition) is 0. The Morgan fingerprint density at radius 2 is 1.64 bits per heavy atom. The molecule has 0 fully saturated rings. The van der Waals surface area contributed by atoms with Crippen molar-refractivity contribution in [1.29, 1.82) is 0 Å². The van der Waals surface area contributed by atoms with Crippen molar-refractivity contribution in [2.75, 3.05) is 14.1 Å². The Morgan fingerprint density at radius 1 is 1.27 bits per heavy atom. The molecular formula is C10H21N. The molecule has 0 aliphatic heterocycles. The Kier molecular flexibility index (Phi) is 3.30. The first-order valence-electron chi connectivity index (χ1n) is 4.12. The third-order valence-corrected chi connectivity index (χ3v) is 2.24. The van der Waals surface area contributed by atoms with Gasteiger partial charge in [0.25, 0.3) is 0 Å². The fourth-order valence-corrected chi connectivity index (χ4v) is 0.938. The summed E-state index contributed by atoms with van der Waals surface area (Å²) in [7, 11) is 4.17. The van der Waals surface area contributed by atoms with Gasteiger partial charge in [0.2, 0.25) is 0 Å². The van der Waals surface area contributed by atoms with E-state index in [1.807, 2.05) is 0 Å². The van der Waals surface area contributed by atoms with Gasteiger partial charge in [0.05, 0.1) is 0 Å². The Balaban J connectivity index is 4.26. The van der Waals surface area contributed by atoms with Gasteiger partial charge < -0.3 is 4.90 Å². The second-order valence-electron chi connectivity index (χ2n) is 4.41. The van der Waals surface area contributed by atoms with Crippen LogP contribution in [0.5, 0.6) is 0 Å². The van der Waals surface area contributed by atoms with Crippen LogP contribution in [-0.2, 0) is 0 Å². The lowest BCUT2D eigenvalue weighted by Gasteiger charge is -2.31. The van der Waals surface area contributed by atoms with Crippen LogP contribution < -0.4 is 0 Å². The highest BCUT2D eigenvalue weighted by molar-refractivity contribution is 5.12. The molecule has 66 valence electrons. The van der Waals surface area contributed by atoms with Crippen molar-refractivity contribution in [3.8, 4) is 0 Å². The fourth-order valence-electron chi connectivity index (χ4n) is 0.938. The van der Waals surface area contributed by atoms with Gasteiger partial charge in [-0.25, -0.2) is 0 Å². The summed E-state index contributed by atoms with van der Waals surface area (Å²) < 4.78 is 0. The molecule has 1 nitrogen and oxygen atoms in total. The van der Waals surface area contributed by atoms with E-state index in [4.69, 9.17) is 0 Å². The van der Waals surface area contributed by atoms with Crippen LogP contribution >= 0.6 is 0 Å². The maximum Gasteiger partial charge on any atom is 0.0275 e. The van der Waals surface area contributed by atoms with Gasteiger partial charge in [0.1, 0.15) is 0 Å². The summed E-state index contributed by atoms with van der Waals surface area (Å²) in [4.78, 5) is 2.19. The van der Waals surface area contributed by atoms with E-state index in [-0.39, 0.29) is 5.41 Å². The average molecular weight is 155 g/mol. The van der Waals surface area contributed by atoms with Crippen molar-refractivity contribution in [3.63, 3.8) is 0 Å². The van der Waals surface area contributed by atoms with Crippen LogP contribution in [0, 0.1) is 5.41 Å². The molecule has 0 heterocycles. The zero-order valence-corrected chi connectivity index (χ0v) is 8.73. The van der Waals surface area contributed by atoms with Crippen molar-refractivity contribution in [1.82, 2.24) is 4.90 Å². The molecule has 1 unspecified atom stereocenters. The van der Waals surface area contributed by atoms with Crippen molar-refractivity contribution in [3.05, 3.63) is 12.2 Å².